The minimum absolute atomic E-state index is 0.195. The molecule has 1 N–H and O–H groups in total. The van der Waals surface area contributed by atoms with Gasteiger partial charge in [0.1, 0.15) is 5.57 Å². The molecular formula is C14H12F2O2. The van der Waals surface area contributed by atoms with Crippen LogP contribution in [0.5, 0.6) is 0 Å². The fourth-order valence-electron chi connectivity index (χ4n) is 2.14. The Morgan fingerprint density at radius 1 is 1.28 bits per heavy atom. The van der Waals surface area contributed by atoms with Crippen molar-refractivity contribution in [2.24, 2.45) is 0 Å². The fraction of sp³-hybridized carbons (Fsp3) is 0.214. The number of carboxylic acid groups (broad SMARTS) is 1. The van der Waals surface area contributed by atoms with Crippen LogP contribution < -0.4 is 0 Å². The van der Waals surface area contributed by atoms with Gasteiger partial charge in [-0.3, -0.25) is 0 Å². The molecule has 0 aliphatic heterocycles. The number of fused-ring (bicyclic) bond motifs is 1. The minimum atomic E-state index is -2.13. The van der Waals surface area contributed by atoms with Gasteiger partial charge in [0.25, 0.3) is 6.08 Å². The molecule has 1 aromatic carbocycles. The number of carboxylic acids is 1. The van der Waals surface area contributed by atoms with Crippen LogP contribution in [-0.2, 0) is 11.2 Å². The zero-order valence-corrected chi connectivity index (χ0v) is 9.84. The van der Waals surface area contributed by atoms with Gasteiger partial charge in [0.2, 0.25) is 0 Å². The van der Waals surface area contributed by atoms with Gasteiger partial charge < -0.3 is 5.11 Å². The third-order valence-corrected chi connectivity index (χ3v) is 3.02. The Morgan fingerprint density at radius 2 is 2.00 bits per heavy atom. The van der Waals surface area contributed by atoms with E-state index in [2.05, 4.69) is 0 Å². The summed E-state index contributed by atoms with van der Waals surface area (Å²) >= 11 is 0. The summed E-state index contributed by atoms with van der Waals surface area (Å²) in [5.74, 6) is -1.57. The minimum Gasteiger partial charge on any atom is -0.477 e. The molecule has 0 spiro atoms. The molecule has 94 valence electrons. The Kier molecular flexibility index (Phi) is 3.28. The summed E-state index contributed by atoms with van der Waals surface area (Å²) in [6, 6.07) is 5.79. The number of hydrogen-bond donors (Lipinski definition) is 1. The van der Waals surface area contributed by atoms with Crippen LogP contribution in [0.3, 0.4) is 0 Å². The molecule has 0 radical (unpaired) electrons. The first kappa shape index (κ1) is 12.5. The van der Waals surface area contributed by atoms with Crippen molar-refractivity contribution in [1.29, 1.82) is 0 Å². The predicted octanol–water partition coefficient (Wildman–Crippen LogP) is 3.56. The van der Waals surface area contributed by atoms with Crippen molar-refractivity contribution >= 4 is 12.0 Å². The lowest BCUT2D eigenvalue weighted by atomic mass is 9.88. The Bertz CT molecular complexity index is 567. The van der Waals surface area contributed by atoms with Crippen LogP contribution in [0.2, 0.25) is 0 Å². The van der Waals surface area contributed by atoms with Crippen LogP contribution in [0.25, 0.3) is 6.08 Å². The summed E-state index contributed by atoms with van der Waals surface area (Å²) in [4.78, 5) is 10.8. The molecule has 0 fully saturated rings. The maximum absolute atomic E-state index is 12.6. The molecule has 2 rings (SSSR count). The third-order valence-electron chi connectivity index (χ3n) is 3.02. The summed E-state index contributed by atoms with van der Waals surface area (Å²) in [7, 11) is 0. The van der Waals surface area contributed by atoms with Crippen molar-refractivity contribution in [2.75, 3.05) is 0 Å². The smallest absolute Gasteiger partial charge is 0.341 e. The molecule has 18 heavy (non-hydrogen) atoms. The van der Waals surface area contributed by atoms with E-state index in [0.717, 1.165) is 16.7 Å². The van der Waals surface area contributed by atoms with Crippen LogP contribution in [0, 0.1) is 6.92 Å². The van der Waals surface area contributed by atoms with E-state index in [0.29, 0.717) is 12.8 Å². The molecule has 1 aliphatic carbocycles. The molecule has 0 atom stereocenters. The second-order valence-electron chi connectivity index (χ2n) is 4.31. The second kappa shape index (κ2) is 4.72. The second-order valence-corrected chi connectivity index (χ2v) is 4.31. The molecule has 2 nitrogen and oxygen atoms in total. The summed E-state index contributed by atoms with van der Waals surface area (Å²) in [5.41, 5.74) is 2.25. The Balaban J connectivity index is 2.50. The standard InChI is InChI=1S/C14H12F2O2/c1-8-2-3-9-4-5-10(7-11(9)6-8)12(13(15)16)14(17)18/h2-3,6-7H,4-5H2,1H3,(H,17,18). The molecule has 0 unspecified atom stereocenters. The van der Waals surface area contributed by atoms with E-state index in [1.165, 1.54) is 0 Å². The van der Waals surface area contributed by atoms with E-state index in [1.54, 1.807) is 6.08 Å². The summed E-state index contributed by atoms with van der Waals surface area (Å²) in [6.07, 6.45) is 0.333. The molecule has 0 saturated heterocycles. The summed E-state index contributed by atoms with van der Waals surface area (Å²) in [5, 5.41) is 8.82. The van der Waals surface area contributed by atoms with E-state index < -0.39 is 17.6 Å². The van der Waals surface area contributed by atoms with E-state index in [-0.39, 0.29) is 5.57 Å². The average Bonchev–Trinajstić information content (AvgIpc) is 2.27. The van der Waals surface area contributed by atoms with Crippen molar-refractivity contribution in [1.82, 2.24) is 0 Å². The first-order chi connectivity index (χ1) is 8.49. The highest BCUT2D eigenvalue weighted by Gasteiger charge is 2.22. The van der Waals surface area contributed by atoms with Crippen molar-refractivity contribution in [3.63, 3.8) is 0 Å². The molecule has 0 bridgehead atoms. The predicted molar refractivity (Wildman–Crippen MR) is 64.4 cm³/mol. The molecule has 0 aromatic heterocycles. The van der Waals surface area contributed by atoms with Crippen LogP contribution in [-0.4, -0.2) is 11.1 Å². The van der Waals surface area contributed by atoms with Gasteiger partial charge in [-0.25, -0.2) is 4.79 Å². The quantitative estimate of drug-likeness (QED) is 0.815. The number of aliphatic carboxylic acids is 1. The van der Waals surface area contributed by atoms with Gasteiger partial charge in [-0.2, -0.15) is 8.78 Å². The zero-order chi connectivity index (χ0) is 13.3. The molecule has 4 heteroatoms. The van der Waals surface area contributed by atoms with Crippen LogP contribution >= 0.6 is 0 Å². The first-order valence-corrected chi connectivity index (χ1v) is 5.58. The Hall–Kier alpha value is -1.97. The van der Waals surface area contributed by atoms with Gasteiger partial charge in [0.15, 0.2) is 0 Å². The topological polar surface area (TPSA) is 37.3 Å². The zero-order valence-electron chi connectivity index (χ0n) is 9.84. The monoisotopic (exact) mass is 250 g/mol. The van der Waals surface area contributed by atoms with Gasteiger partial charge in [-0.05, 0) is 36.5 Å². The van der Waals surface area contributed by atoms with Crippen molar-refractivity contribution in [3.8, 4) is 0 Å². The molecule has 1 aliphatic rings. The van der Waals surface area contributed by atoms with Crippen LogP contribution in [0.4, 0.5) is 8.78 Å². The number of hydrogen-bond acceptors (Lipinski definition) is 1. The summed E-state index contributed by atoms with van der Waals surface area (Å²) in [6.45, 7) is 1.91. The lowest BCUT2D eigenvalue weighted by Gasteiger charge is -2.17. The average molecular weight is 250 g/mol. The van der Waals surface area contributed by atoms with Crippen LogP contribution in [0.15, 0.2) is 35.4 Å². The van der Waals surface area contributed by atoms with Crippen molar-refractivity contribution in [2.45, 2.75) is 19.8 Å². The van der Waals surface area contributed by atoms with Crippen molar-refractivity contribution < 1.29 is 18.7 Å². The molecule has 0 amide bonds. The van der Waals surface area contributed by atoms with Gasteiger partial charge in [-0.1, -0.05) is 29.8 Å². The highest BCUT2D eigenvalue weighted by molar-refractivity contribution is 5.94. The Labute approximate surface area is 103 Å². The number of rotatable bonds is 2. The molecular weight excluding hydrogens is 238 g/mol. The maximum atomic E-state index is 12.6. The van der Waals surface area contributed by atoms with E-state index in [9.17, 15) is 13.6 Å². The molecule has 0 saturated carbocycles. The van der Waals surface area contributed by atoms with E-state index in [4.69, 9.17) is 5.11 Å². The lowest BCUT2D eigenvalue weighted by molar-refractivity contribution is -0.132. The van der Waals surface area contributed by atoms with Crippen molar-refractivity contribution in [3.05, 3.63) is 52.1 Å². The highest BCUT2D eigenvalue weighted by atomic mass is 19.3. The lowest BCUT2D eigenvalue weighted by Crippen LogP contribution is -2.09. The van der Waals surface area contributed by atoms with Gasteiger partial charge in [0.05, 0.1) is 0 Å². The number of aryl methyl sites for hydroxylation is 2. The molecule has 0 heterocycles. The largest absolute Gasteiger partial charge is 0.477 e. The normalized spacial score (nSPS) is 13.6. The Morgan fingerprint density at radius 3 is 2.61 bits per heavy atom. The number of benzene rings is 1. The van der Waals surface area contributed by atoms with E-state index in [1.807, 2.05) is 25.1 Å². The highest BCUT2D eigenvalue weighted by Crippen LogP contribution is 2.30. The van der Waals surface area contributed by atoms with Crippen LogP contribution in [0.1, 0.15) is 23.1 Å². The first-order valence-electron chi connectivity index (χ1n) is 5.58. The fourth-order valence-corrected chi connectivity index (χ4v) is 2.14. The third kappa shape index (κ3) is 2.32. The summed E-state index contributed by atoms with van der Waals surface area (Å²) < 4.78 is 25.3. The van der Waals surface area contributed by atoms with E-state index >= 15 is 0 Å². The molecule has 1 aromatic rings. The number of halogens is 2. The maximum Gasteiger partial charge on any atom is 0.341 e. The number of carbonyl (C=O) groups is 1. The van der Waals surface area contributed by atoms with Gasteiger partial charge in [-0.15, -0.1) is 0 Å². The van der Waals surface area contributed by atoms with Gasteiger partial charge in [0, 0.05) is 0 Å². The SMILES string of the molecule is Cc1ccc2c(c1)C=C(C(C(=O)O)=C(F)F)CC2. The van der Waals surface area contributed by atoms with Gasteiger partial charge >= 0.3 is 5.97 Å².